The summed E-state index contributed by atoms with van der Waals surface area (Å²) < 4.78 is 0. The van der Waals surface area contributed by atoms with Gasteiger partial charge in [0.25, 0.3) is 5.69 Å². The molecule has 1 aromatic carbocycles. The van der Waals surface area contributed by atoms with Crippen LogP contribution < -0.4 is 5.32 Å². The second kappa shape index (κ2) is 6.80. The zero-order valence-electron chi connectivity index (χ0n) is 11.7. The summed E-state index contributed by atoms with van der Waals surface area (Å²) in [4.78, 5) is 21.4. The van der Waals surface area contributed by atoms with Crippen LogP contribution in [0.25, 0.3) is 0 Å². The Morgan fingerprint density at radius 3 is 2.57 bits per heavy atom. The van der Waals surface area contributed by atoms with E-state index in [1.807, 2.05) is 11.8 Å². The molecule has 0 bridgehead atoms. The molecule has 0 unspecified atom stereocenters. The fraction of sp³-hybridized carbons (Fsp3) is 0.500. The zero-order valence-corrected chi connectivity index (χ0v) is 12.6. The van der Waals surface area contributed by atoms with Gasteiger partial charge in [0.2, 0.25) is 0 Å². The fourth-order valence-electron chi connectivity index (χ4n) is 2.61. The second-order valence-corrected chi connectivity index (χ2v) is 6.28. The molecule has 0 radical (unpaired) electrons. The molecule has 1 saturated carbocycles. The number of benzene rings is 1. The Morgan fingerprint density at radius 1 is 1.38 bits per heavy atom. The van der Waals surface area contributed by atoms with E-state index in [0.717, 1.165) is 31.7 Å². The Hall–Kier alpha value is -1.76. The first-order valence-corrected chi connectivity index (χ1v) is 8.11. The van der Waals surface area contributed by atoms with Crippen LogP contribution in [-0.2, 0) is 0 Å². The van der Waals surface area contributed by atoms with Gasteiger partial charge in [0, 0.05) is 29.1 Å². The van der Waals surface area contributed by atoms with E-state index in [1.54, 1.807) is 0 Å². The quantitative estimate of drug-likeness (QED) is 0.640. The van der Waals surface area contributed by atoms with E-state index in [9.17, 15) is 20.0 Å². The van der Waals surface area contributed by atoms with Gasteiger partial charge in [0.1, 0.15) is 0 Å². The van der Waals surface area contributed by atoms with Crippen molar-refractivity contribution in [1.29, 1.82) is 0 Å². The highest BCUT2D eigenvalue weighted by Gasteiger charge is 2.23. The molecule has 0 aliphatic heterocycles. The first-order valence-electron chi connectivity index (χ1n) is 6.82. The van der Waals surface area contributed by atoms with E-state index >= 15 is 0 Å². The Morgan fingerprint density at radius 2 is 2.05 bits per heavy atom. The third-order valence-electron chi connectivity index (χ3n) is 3.81. The van der Waals surface area contributed by atoms with Crippen molar-refractivity contribution in [1.82, 2.24) is 0 Å². The van der Waals surface area contributed by atoms with Gasteiger partial charge in [-0.25, -0.2) is 4.79 Å². The van der Waals surface area contributed by atoms with E-state index in [4.69, 9.17) is 0 Å². The molecule has 1 aliphatic rings. The van der Waals surface area contributed by atoms with Crippen molar-refractivity contribution in [3.63, 3.8) is 0 Å². The molecule has 0 amide bonds. The first-order chi connectivity index (χ1) is 10.0. The predicted octanol–water partition coefficient (Wildman–Crippen LogP) is 3.38. The topological polar surface area (TPSA) is 92.5 Å². The molecule has 2 rings (SSSR count). The average molecular weight is 310 g/mol. The number of anilines is 1. The number of nitro benzene ring substituents is 1. The minimum absolute atomic E-state index is 0.0452. The number of nitrogens with one attached hydrogen (secondary N) is 1. The summed E-state index contributed by atoms with van der Waals surface area (Å²) in [5.41, 5.74) is 0.209. The van der Waals surface area contributed by atoms with Crippen molar-refractivity contribution in [3.05, 3.63) is 33.9 Å². The van der Waals surface area contributed by atoms with Crippen LogP contribution in [0, 0.1) is 10.1 Å². The third-order valence-corrected chi connectivity index (χ3v) is 4.95. The van der Waals surface area contributed by atoms with E-state index < -0.39 is 10.9 Å². The number of aromatic carboxylic acids is 1. The lowest BCUT2D eigenvalue weighted by Gasteiger charge is -2.29. The molecule has 0 aromatic heterocycles. The number of rotatable bonds is 5. The minimum Gasteiger partial charge on any atom is -0.478 e. The number of nitro groups is 1. The van der Waals surface area contributed by atoms with Crippen molar-refractivity contribution in [2.45, 2.75) is 37.0 Å². The summed E-state index contributed by atoms with van der Waals surface area (Å²) in [6, 6.07) is 4.16. The molecule has 114 valence electrons. The number of hydrogen-bond donors (Lipinski definition) is 2. The third kappa shape index (κ3) is 3.87. The molecule has 6 nitrogen and oxygen atoms in total. The summed E-state index contributed by atoms with van der Waals surface area (Å²) in [6.45, 7) is 0. The van der Waals surface area contributed by atoms with Gasteiger partial charge in [0.15, 0.2) is 0 Å². The second-order valence-electron chi connectivity index (χ2n) is 5.15. The standard InChI is InChI=1S/C14H18N2O4S/c1-21-11-5-2-9(3-6-11)15-13-7-4-10(16(19)20)8-12(13)14(17)18/h4,7-9,11,15H,2-3,5-6H2,1H3,(H,17,18). The van der Waals surface area contributed by atoms with Gasteiger partial charge in [0.05, 0.1) is 10.5 Å². The number of carboxylic acid groups (broad SMARTS) is 1. The van der Waals surface area contributed by atoms with Crippen molar-refractivity contribution >= 4 is 29.1 Å². The highest BCUT2D eigenvalue weighted by molar-refractivity contribution is 7.99. The van der Waals surface area contributed by atoms with Gasteiger partial charge >= 0.3 is 5.97 Å². The van der Waals surface area contributed by atoms with Crippen LogP contribution in [0.3, 0.4) is 0 Å². The number of hydrogen-bond acceptors (Lipinski definition) is 5. The highest BCUT2D eigenvalue weighted by Crippen LogP contribution is 2.30. The summed E-state index contributed by atoms with van der Waals surface area (Å²) in [7, 11) is 0. The normalized spacial score (nSPS) is 21.8. The van der Waals surface area contributed by atoms with Gasteiger partial charge in [-0.2, -0.15) is 11.8 Å². The Kier molecular flexibility index (Phi) is 5.06. The molecule has 2 N–H and O–H groups in total. The van der Waals surface area contributed by atoms with E-state index in [2.05, 4.69) is 11.6 Å². The minimum atomic E-state index is -1.15. The summed E-state index contributed by atoms with van der Waals surface area (Å²) in [5.74, 6) is -1.15. The molecule has 1 aliphatic carbocycles. The smallest absolute Gasteiger partial charge is 0.338 e. The van der Waals surface area contributed by atoms with Crippen LogP contribution in [0.2, 0.25) is 0 Å². The molecule has 0 atom stereocenters. The SMILES string of the molecule is CSC1CCC(Nc2ccc([N+](=O)[O-])cc2C(=O)O)CC1. The first kappa shape index (κ1) is 15.6. The van der Waals surface area contributed by atoms with E-state index in [1.165, 1.54) is 12.1 Å². The van der Waals surface area contributed by atoms with Gasteiger partial charge < -0.3 is 10.4 Å². The van der Waals surface area contributed by atoms with Crippen LogP contribution in [0.4, 0.5) is 11.4 Å². The lowest BCUT2D eigenvalue weighted by atomic mass is 9.94. The van der Waals surface area contributed by atoms with Crippen molar-refractivity contribution in [2.24, 2.45) is 0 Å². The molecule has 0 spiro atoms. The number of thioether (sulfide) groups is 1. The largest absolute Gasteiger partial charge is 0.478 e. The Labute approximate surface area is 127 Å². The fourth-order valence-corrected chi connectivity index (χ4v) is 3.35. The molecule has 21 heavy (non-hydrogen) atoms. The lowest BCUT2D eigenvalue weighted by molar-refractivity contribution is -0.384. The predicted molar refractivity (Wildman–Crippen MR) is 83.2 cm³/mol. The van der Waals surface area contributed by atoms with Crippen LogP contribution in [0.15, 0.2) is 18.2 Å². The molecular weight excluding hydrogens is 292 g/mol. The van der Waals surface area contributed by atoms with E-state index in [-0.39, 0.29) is 17.3 Å². The van der Waals surface area contributed by atoms with Crippen molar-refractivity contribution in [2.75, 3.05) is 11.6 Å². The maximum atomic E-state index is 11.3. The molecular formula is C14H18N2O4S. The highest BCUT2D eigenvalue weighted by atomic mass is 32.2. The van der Waals surface area contributed by atoms with Crippen LogP contribution >= 0.6 is 11.8 Å². The van der Waals surface area contributed by atoms with Crippen LogP contribution in [-0.4, -0.2) is 33.5 Å². The molecule has 7 heteroatoms. The summed E-state index contributed by atoms with van der Waals surface area (Å²) in [6.07, 6.45) is 6.29. The maximum absolute atomic E-state index is 11.3. The van der Waals surface area contributed by atoms with Crippen molar-refractivity contribution in [3.8, 4) is 0 Å². The Balaban J connectivity index is 2.13. The van der Waals surface area contributed by atoms with Gasteiger partial charge in [-0.1, -0.05) is 0 Å². The number of carbonyl (C=O) groups is 1. The summed E-state index contributed by atoms with van der Waals surface area (Å²) in [5, 5.41) is 23.9. The van der Waals surface area contributed by atoms with Crippen molar-refractivity contribution < 1.29 is 14.8 Å². The summed E-state index contributed by atoms with van der Waals surface area (Å²) >= 11 is 1.87. The number of non-ortho nitro benzene ring substituents is 1. The monoisotopic (exact) mass is 310 g/mol. The molecule has 1 fully saturated rings. The molecule has 0 saturated heterocycles. The number of nitrogens with zero attached hydrogens (tertiary/aromatic N) is 1. The van der Waals surface area contributed by atoms with Gasteiger partial charge in [-0.05, 0) is 38.0 Å². The maximum Gasteiger partial charge on any atom is 0.338 e. The van der Waals surface area contributed by atoms with E-state index in [0.29, 0.717) is 10.9 Å². The van der Waals surface area contributed by atoms with Gasteiger partial charge in [-0.15, -0.1) is 0 Å². The number of carboxylic acids is 1. The Bertz CT molecular complexity index is 542. The lowest BCUT2D eigenvalue weighted by Crippen LogP contribution is -2.27. The van der Waals surface area contributed by atoms with Crippen LogP contribution in [0.1, 0.15) is 36.0 Å². The molecule has 1 aromatic rings. The molecule has 0 heterocycles. The van der Waals surface area contributed by atoms with Gasteiger partial charge in [-0.3, -0.25) is 10.1 Å². The zero-order chi connectivity index (χ0) is 15.4. The average Bonchev–Trinajstić information content (AvgIpc) is 2.48. The van der Waals surface area contributed by atoms with Crippen LogP contribution in [0.5, 0.6) is 0 Å².